The van der Waals surface area contributed by atoms with Gasteiger partial charge in [0.15, 0.2) is 10.8 Å². The Kier molecular flexibility index (Phi) is 18.2. The maximum absolute atomic E-state index is 13.6. The van der Waals surface area contributed by atoms with Gasteiger partial charge in [-0.2, -0.15) is 5.10 Å². The summed E-state index contributed by atoms with van der Waals surface area (Å²) in [5.74, 6) is -0.370. The molecule has 0 radical (unpaired) electrons. The van der Waals surface area contributed by atoms with Crippen molar-refractivity contribution in [3.05, 3.63) is 88.9 Å². The van der Waals surface area contributed by atoms with Crippen LogP contribution in [0.15, 0.2) is 82.9 Å². The Bertz CT molecular complexity index is 1840. The average Bonchev–Trinajstić information content (AvgIpc) is 4.00. The molecule has 10 nitrogen and oxygen atoms in total. The van der Waals surface area contributed by atoms with E-state index in [1.54, 1.807) is 24.5 Å². The Morgan fingerprint density at radius 3 is 2.02 bits per heavy atom. The predicted molar refractivity (Wildman–Crippen MR) is 232 cm³/mol. The van der Waals surface area contributed by atoms with Crippen molar-refractivity contribution in [1.29, 1.82) is 0 Å². The SMILES string of the molecule is CCCCCCCCCCCCCCCCCC(=O)NCCCNC(=O)c1ccc(-c2csc(N3C=C(c4ccccc4)/C(=N/Nc4nccs4)C3=O)n2)cc1. The second-order valence-electron chi connectivity index (χ2n) is 14.2. The van der Waals surface area contributed by atoms with Gasteiger partial charge < -0.3 is 10.6 Å². The number of unbranched alkanes of at least 4 members (excludes halogenated alkanes) is 14. The van der Waals surface area contributed by atoms with E-state index in [0.717, 1.165) is 24.0 Å². The van der Waals surface area contributed by atoms with Crippen molar-refractivity contribution in [2.75, 3.05) is 23.4 Å². The Hall–Kier alpha value is -4.68. The Morgan fingerprint density at radius 2 is 1.38 bits per heavy atom. The number of rotatable bonds is 26. The zero-order valence-electron chi connectivity index (χ0n) is 32.8. The smallest absolute Gasteiger partial charge is 0.285 e. The van der Waals surface area contributed by atoms with Gasteiger partial charge in [-0.05, 0) is 30.5 Å². The summed E-state index contributed by atoms with van der Waals surface area (Å²) in [7, 11) is 0. The number of hydrogen-bond acceptors (Lipinski definition) is 9. The minimum Gasteiger partial charge on any atom is -0.356 e. The molecule has 298 valence electrons. The highest BCUT2D eigenvalue weighted by atomic mass is 32.1. The maximum atomic E-state index is 13.6. The zero-order valence-corrected chi connectivity index (χ0v) is 34.4. The molecule has 1 aliphatic rings. The molecule has 0 atom stereocenters. The van der Waals surface area contributed by atoms with Gasteiger partial charge >= 0.3 is 0 Å². The first kappa shape index (κ1) is 42.5. The molecule has 0 unspecified atom stereocenters. The first-order valence-electron chi connectivity index (χ1n) is 20.5. The summed E-state index contributed by atoms with van der Waals surface area (Å²) in [5, 5.41) is 15.2. The third kappa shape index (κ3) is 13.8. The number of carbonyl (C=O) groups excluding carboxylic acids is 3. The van der Waals surface area contributed by atoms with Crippen LogP contribution in [0.4, 0.5) is 10.3 Å². The van der Waals surface area contributed by atoms with Gasteiger partial charge in [-0.3, -0.25) is 24.7 Å². The molecule has 0 fully saturated rings. The number of thiazole rings is 2. The molecule has 2 aromatic carbocycles. The summed E-state index contributed by atoms with van der Waals surface area (Å²) in [6.45, 7) is 3.29. The second-order valence-corrected chi connectivity index (χ2v) is 16.0. The third-order valence-corrected chi connectivity index (χ3v) is 11.3. The largest absolute Gasteiger partial charge is 0.356 e. The van der Waals surface area contributed by atoms with Crippen LogP contribution in [0.3, 0.4) is 0 Å². The molecule has 0 saturated heterocycles. The standard InChI is InChI=1S/C44H57N7O3S2/c1-2-3-4-5-6-7-8-9-10-11-12-13-14-15-19-23-39(52)45-28-20-29-46-41(53)36-26-24-35(25-27-36)38-33-56-44(48-38)51-32-37(34-21-17-16-18-22-34)40(42(51)54)49-50-43-47-30-31-55-43/h16-18,21-22,24-27,30-33H,2-15,19-20,23,28-29H2,1H3,(H,45,52)(H,46,53)(H,47,50)/b49-40-. The quantitative estimate of drug-likeness (QED) is 0.0429. The minimum absolute atomic E-state index is 0.0887. The molecule has 0 bridgehead atoms. The van der Waals surface area contributed by atoms with Crippen molar-refractivity contribution >= 4 is 61.9 Å². The van der Waals surface area contributed by atoms with Gasteiger partial charge in [0.1, 0.15) is 0 Å². The fourth-order valence-corrected chi connectivity index (χ4v) is 7.88. The highest BCUT2D eigenvalue weighted by molar-refractivity contribution is 7.14. The number of nitrogens with one attached hydrogen (secondary N) is 3. The van der Waals surface area contributed by atoms with Crippen LogP contribution >= 0.6 is 22.7 Å². The highest BCUT2D eigenvalue weighted by Crippen LogP contribution is 2.33. The summed E-state index contributed by atoms with van der Waals surface area (Å²) in [4.78, 5) is 49.1. The van der Waals surface area contributed by atoms with Crippen molar-refractivity contribution in [2.45, 2.75) is 116 Å². The number of aromatic nitrogens is 2. The van der Waals surface area contributed by atoms with Gasteiger partial charge in [-0.25, -0.2) is 9.97 Å². The van der Waals surface area contributed by atoms with Crippen LogP contribution in [-0.2, 0) is 9.59 Å². The van der Waals surface area contributed by atoms with Crippen LogP contribution in [-0.4, -0.2) is 46.5 Å². The molecule has 3 amide bonds. The predicted octanol–water partition coefficient (Wildman–Crippen LogP) is 10.6. The highest BCUT2D eigenvalue weighted by Gasteiger charge is 2.33. The lowest BCUT2D eigenvalue weighted by molar-refractivity contribution is -0.121. The fraction of sp³-hybridized carbons (Fsp3) is 0.455. The van der Waals surface area contributed by atoms with Crippen LogP contribution in [0.1, 0.15) is 132 Å². The molecular formula is C44H57N7O3S2. The van der Waals surface area contributed by atoms with E-state index in [9.17, 15) is 14.4 Å². The molecule has 3 N–H and O–H groups in total. The molecule has 12 heteroatoms. The first-order valence-corrected chi connectivity index (χ1v) is 22.2. The van der Waals surface area contributed by atoms with E-state index in [0.29, 0.717) is 53.0 Å². The lowest BCUT2D eigenvalue weighted by Gasteiger charge is -2.09. The summed E-state index contributed by atoms with van der Waals surface area (Å²) in [6, 6.07) is 16.9. The summed E-state index contributed by atoms with van der Waals surface area (Å²) < 4.78 is 0. The number of amides is 3. The maximum Gasteiger partial charge on any atom is 0.285 e. The van der Waals surface area contributed by atoms with E-state index in [1.165, 1.54) is 111 Å². The van der Waals surface area contributed by atoms with Crippen molar-refractivity contribution in [3.8, 4) is 11.3 Å². The third-order valence-electron chi connectivity index (χ3n) is 9.82. The first-order chi connectivity index (χ1) is 27.5. The minimum atomic E-state index is -0.291. The van der Waals surface area contributed by atoms with Crippen molar-refractivity contribution < 1.29 is 14.4 Å². The topological polar surface area (TPSA) is 129 Å². The lowest BCUT2D eigenvalue weighted by Crippen LogP contribution is -2.29. The van der Waals surface area contributed by atoms with Gasteiger partial charge in [0.2, 0.25) is 11.0 Å². The number of hydrazone groups is 1. The molecule has 5 rings (SSSR count). The van der Waals surface area contributed by atoms with Crippen LogP contribution in [0.5, 0.6) is 0 Å². The normalized spacial score (nSPS) is 13.3. The van der Waals surface area contributed by atoms with E-state index in [2.05, 4.69) is 33.1 Å². The number of carbonyl (C=O) groups is 3. The van der Waals surface area contributed by atoms with Crippen molar-refractivity contribution in [1.82, 2.24) is 20.6 Å². The average molecular weight is 796 g/mol. The van der Waals surface area contributed by atoms with Crippen molar-refractivity contribution in [2.24, 2.45) is 5.10 Å². The lowest BCUT2D eigenvalue weighted by atomic mass is 10.0. The fourth-order valence-electron chi connectivity index (χ4n) is 6.60. The number of anilines is 2. The van der Waals surface area contributed by atoms with Crippen LogP contribution in [0.25, 0.3) is 16.8 Å². The van der Waals surface area contributed by atoms with Crippen molar-refractivity contribution in [3.63, 3.8) is 0 Å². The second kappa shape index (κ2) is 24.1. The zero-order chi connectivity index (χ0) is 39.2. The van der Waals surface area contributed by atoms with E-state index in [1.807, 2.05) is 53.2 Å². The molecule has 0 saturated carbocycles. The molecule has 1 aliphatic heterocycles. The van der Waals surface area contributed by atoms with E-state index < -0.39 is 0 Å². The Morgan fingerprint density at radius 1 is 0.732 bits per heavy atom. The molecule has 0 spiro atoms. The molecule has 56 heavy (non-hydrogen) atoms. The molecule has 0 aliphatic carbocycles. The monoisotopic (exact) mass is 795 g/mol. The molecule has 3 heterocycles. The van der Waals surface area contributed by atoms with E-state index in [4.69, 9.17) is 4.98 Å². The van der Waals surface area contributed by atoms with E-state index in [-0.39, 0.29) is 23.4 Å². The Labute approximate surface area is 340 Å². The van der Waals surface area contributed by atoms with Gasteiger partial charge in [-0.15, -0.1) is 22.7 Å². The van der Waals surface area contributed by atoms with Gasteiger partial charge in [0.25, 0.3) is 11.8 Å². The van der Waals surface area contributed by atoms with Gasteiger partial charge in [0, 0.05) is 59.4 Å². The van der Waals surface area contributed by atoms with Crippen LogP contribution in [0.2, 0.25) is 0 Å². The molecule has 2 aromatic heterocycles. The van der Waals surface area contributed by atoms with Gasteiger partial charge in [0.05, 0.1) is 5.69 Å². The summed E-state index contributed by atoms with van der Waals surface area (Å²) in [6.07, 6.45) is 24.3. The van der Waals surface area contributed by atoms with E-state index >= 15 is 0 Å². The summed E-state index contributed by atoms with van der Waals surface area (Å²) in [5.41, 5.74) is 6.80. The molecular weight excluding hydrogens is 739 g/mol. The van der Waals surface area contributed by atoms with Gasteiger partial charge in [-0.1, -0.05) is 139 Å². The van der Waals surface area contributed by atoms with Crippen LogP contribution < -0.4 is 21.0 Å². The van der Waals surface area contributed by atoms with Crippen LogP contribution in [0, 0.1) is 0 Å². The summed E-state index contributed by atoms with van der Waals surface area (Å²) >= 11 is 2.75. The Balaban J connectivity index is 0.956. The number of benzene rings is 2. The number of nitrogens with zero attached hydrogens (tertiary/aromatic N) is 4. The molecule has 4 aromatic rings. The number of hydrogen-bond donors (Lipinski definition) is 3.